The van der Waals surface area contributed by atoms with Crippen LogP contribution in [0, 0.1) is 5.92 Å². The quantitative estimate of drug-likeness (QED) is 0.749. The first-order chi connectivity index (χ1) is 12.5. The van der Waals surface area contributed by atoms with Gasteiger partial charge in [-0.3, -0.25) is 9.59 Å². The molecular weight excluding hydrogens is 328 g/mol. The largest absolute Gasteiger partial charge is 0.493 e. The zero-order valence-electron chi connectivity index (χ0n) is 15.5. The summed E-state index contributed by atoms with van der Waals surface area (Å²) in [6, 6.07) is 13.9. The number of amides is 2. The van der Waals surface area contributed by atoms with Gasteiger partial charge in [0.15, 0.2) is 0 Å². The van der Waals surface area contributed by atoms with Crippen LogP contribution in [0.25, 0.3) is 0 Å². The molecule has 0 bridgehead atoms. The third-order valence-corrected chi connectivity index (χ3v) is 3.64. The molecule has 0 fully saturated rings. The van der Waals surface area contributed by atoms with Crippen LogP contribution in [-0.2, 0) is 0 Å². The van der Waals surface area contributed by atoms with E-state index in [4.69, 9.17) is 4.74 Å². The van der Waals surface area contributed by atoms with E-state index in [9.17, 15) is 9.59 Å². The Morgan fingerprint density at radius 1 is 0.923 bits per heavy atom. The molecule has 0 spiro atoms. The Labute approximate surface area is 154 Å². The summed E-state index contributed by atoms with van der Waals surface area (Å²) in [6.45, 7) is 7.46. The van der Waals surface area contributed by atoms with Crippen molar-refractivity contribution in [2.75, 3.05) is 18.5 Å². The Balaban J connectivity index is 1.93. The van der Waals surface area contributed by atoms with Gasteiger partial charge in [-0.25, -0.2) is 0 Å². The molecular formula is C21H26N2O3. The minimum atomic E-state index is -0.205. The lowest BCUT2D eigenvalue weighted by Gasteiger charge is -2.10. The summed E-state index contributed by atoms with van der Waals surface area (Å²) < 4.78 is 5.61. The van der Waals surface area contributed by atoms with Gasteiger partial charge in [0.1, 0.15) is 5.75 Å². The molecule has 0 unspecified atom stereocenters. The van der Waals surface area contributed by atoms with E-state index in [1.165, 1.54) is 0 Å². The topological polar surface area (TPSA) is 67.4 Å². The van der Waals surface area contributed by atoms with Crippen LogP contribution >= 0.6 is 0 Å². The Kier molecular flexibility index (Phi) is 7.21. The van der Waals surface area contributed by atoms with Crippen LogP contribution in [-0.4, -0.2) is 25.0 Å². The molecule has 0 saturated carbocycles. The first kappa shape index (κ1) is 19.5. The second-order valence-corrected chi connectivity index (χ2v) is 6.52. The van der Waals surface area contributed by atoms with E-state index in [0.29, 0.717) is 35.9 Å². The van der Waals surface area contributed by atoms with E-state index in [-0.39, 0.29) is 11.8 Å². The molecule has 0 aliphatic heterocycles. The molecule has 2 aromatic carbocycles. The number of hydrogen-bond donors (Lipinski definition) is 2. The number of carbonyl (C=O) groups excluding carboxylic acids is 2. The van der Waals surface area contributed by atoms with E-state index in [0.717, 1.165) is 12.2 Å². The Morgan fingerprint density at radius 2 is 1.50 bits per heavy atom. The van der Waals surface area contributed by atoms with Crippen molar-refractivity contribution in [2.45, 2.75) is 27.2 Å². The molecule has 5 heteroatoms. The number of carbonyl (C=O) groups is 2. The fourth-order valence-electron chi connectivity index (χ4n) is 2.21. The molecule has 0 aliphatic carbocycles. The van der Waals surface area contributed by atoms with E-state index < -0.39 is 0 Å². The molecule has 0 heterocycles. The van der Waals surface area contributed by atoms with Crippen molar-refractivity contribution in [2.24, 2.45) is 5.92 Å². The van der Waals surface area contributed by atoms with Gasteiger partial charge in [0, 0.05) is 23.4 Å². The third kappa shape index (κ3) is 5.92. The zero-order chi connectivity index (χ0) is 18.9. The van der Waals surface area contributed by atoms with Crippen molar-refractivity contribution in [3.63, 3.8) is 0 Å². The summed E-state index contributed by atoms with van der Waals surface area (Å²) in [4.78, 5) is 24.2. The lowest BCUT2D eigenvalue weighted by molar-refractivity contribution is 0.0953. The smallest absolute Gasteiger partial charge is 0.255 e. The van der Waals surface area contributed by atoms with Crippen molar-refractivity contribution >= 4 is 17.5 Å². The van der Waals surface area contributed by atoms with E-state index in [2.05, 4.69) is 24.5 Å². The van der Waals surface area contributed by atoms with Crippen molar-refractivity contribution in [1.82, 2.24) is 5.32 Å². The number of ether oxygens (including phenoxy) is 1. The van der Waals surface area contributed by atoms with Crippen molar-refractivity contribution in [3.8, 4) is 5.75 Å². The highest BCUT2D eigenvalue weighted by Gasteiger charge is 2.08. The second-order valence-electron chi connectivity index (χ2n) is 6.52. The first-order valence-corrected chi connectivity index (χ1v) is 8.92. The van der Waals surface area contributed by atoms with Crippen molar-refractivity contribution in [1.29, 1.82) is 0 Å². The van der Waals surface area contributed by atoms with E-state index in [1.54, 1.807) is 48.5 Å². The van der Waals surface area contributed by atoms with Crippen LogP contribution in [0.1, 0.15) is 47.9 Å². The van der Waals surface area contributed by atoms with Crippen LogP contribution in [0.5, 0.6) is 5.75 Å². The van der Waals surface area contributed by atoms with Gasteiger partial charge in [0.2, 0.25) is 0 Å². The first-order valence-electron chi connectivity index (χ1n) is 8.92. The molecule has 2 N–H and O–H groups in total. The summed E-state index contributed by atoms with van der Waals surface area (Å²) in [7, 11) is 0. The molecule has 0 aliphatic rings. The second kappa shape index (κ2) is 9.61. The number of hydrogen-bond acceptors (Lipinski definition) is 3. The van der Waals surface area contributed by atoms with Crippen LogP contribution in [0.15, 0.2) is 48.5 Å². The average Bonchev–Trinajstić information content (AvgIpc) is 2.65. The predicted octanol–water partition coefficient (Wildman–Crippen LogP) is 4.11. The number of anilines is 1. The van der Waals surface area contributed by atoms with E-state index >= 15 is 0 Å². The maximum Gasteiger partial charge on any atom is 0.255 e. The van der Waals surface area contributed by atoms with Gasteiger partial charge in [0.05, 0.1) is 6.61 Å². The normalized spacial score (nSPS) is 10.5. The number of benzene rings is 2. The molecule has 0 radical (unpaired) electrons. The fraction of sp³-hybridized carbons (Fsp3) is 0.333. The molecule has 0 atom stereocenters. The maximum absolute atomic E-state index is 12.3. The Hall–Kier alpha value is -2.82. The van der Waals surface area contributed by atoms with Crippen LogP contribution in [0.3, 0.4) is 0 Å². The van der Waals surface area contributed by atoms with Crippen LogP contribution in [0.2, 0.25) is 0 Å². The Bertz CT molecular complexity index is 722. The standard InChI is InChI=1S/C21H26N2O3/c1-4-13-22-20(24)16-5-9-18(10-6-16)23-21(25)17-7-11-19(12-8-17)26-14-15(2)3/h5-12,15H,4,13-14H2,1-3H3,(H,22,24)(H,23,25). The molecule has 0 saturated heterocycles. The molecule has 138 valence electrons. The molecule has 26 heavy (non-hydrogen) atoms. The van der Waals surface area contributed by atoms with Gasteiger partial charge in [-0.2, -0.15) is 0 Å². The lowest BCUT2D eigenvalue weighted by atomic mass is 10.1. The highest BCUT2D eigenvalue weighted by Crippen LogP contribution is 2.15. The summed E-state index contributed by atoms with van der Waals surface area (Å²) in [5, 5.41) is 5.64. The Morgan fingerprint density at radius 3 is 2.08 bits per heavy atom. The van der Waals surface area contributed by atoms with Gasteiger partial charge in [-0.15, -0.1) is 0 Å². The minimum absolute atomic E-state index is 0.110. The molecule has 2 amide bonds. The zero-order valence-corrected chi connectivity index (χ0v) is 15.5. The summed E-state index contributed by atoms with van der Waals surface area (Å²) in [5.74, 6) is 0.882. The van der Waals surface area contributed by atoms with Gasteiger partial charge >= 0.3 is 0 Å². The third-order valence-electron chi connectivity index (χ3n) is 3.64. The average molecular weight is 354 g/mol. The highest BCUT2D eigenvalue weighted by molar-refractivity contribution is 6.04. The van der Waals surface area contributed by atoms with Gasteiger partial charge < -0.3 is 15.4 Å². The van der Waals surface area contributed by atoms with Gasteiger partial charge in [0.25, 0.3) is 11.8 Å². The summed E-state index contributed by atoms with van der Waals surface area (Å²) in [6.07, 6.45) is 0.890. The van der Waals surface area contributed by atoms with Gasteiger partial charge in [-0.05, 0) is 60.9 Å². The SMILES string of the molecule is CCCNC(=O)c1ccc(NC(=O)c2ccc(OCC(C)C)cc2)cc1. The maximum atomic E-state index is 12.3. The molecule has 5 nitrogen and oxygen atoms in total. The molecule has 2 rings (SSSR count). The van der Waals surface area contributed by atoms with Crippen molar-refractivity contribution < 1.29 is 14.3 Å². The predicted molar refractivity (Wildman–Crippen MR) is 104 cm³/mol. The summed E-state index contributed by atoms with van der Waals surface area (Å²) in [5.41, 5.74) is 1.76. The van der Waals surface area contributed by atoms with Crippen LogP contribution < -0.4 is 15.4 Å². The molecule has 0 aromatic heterocycles. The van der Waals surface area contributed by atoms with Crippen LogP contribution in [0.4, 0.5) is 5.69 Å². The molecule has 2 aromatic rings. The monoisotopic (exact) mass is 354 g/mol. The minimum Gasteiger partial charge on any atom is -0.493 e. The lowest BCUT2D eigenvalue weighted by Crippen LogP contribution is -2.23. The number of nitrogens with one attached hydrogen (secondary N) is 2. The summed E-state index contributed by atoms with van der Waals surface area (Å²) >= 11 is 0. The van der Waals surface area contributed by atoms with Gasteiger partial charge in [-0.1, -0.05) is 20.8 Å². The highest BCUT2D eigenvalue weighted by atomic mass is 16.5. The van der Waals surface area contributed by atoms with Crippen molar-refractivity contribution in [3.05, 3.63) is 59.7 Å². The number of rotatable bonds is 8. The fourth-order valence-corrected chi connectivity index (χ4v) is 2.21. The van der Waals surface area contributed by atoms with E-state index in [1.807, 2.05) is 6.92 Å².